The second-order valence-electron chi connectivity index (χ2n) is 6.66. The van der Waals surface area contributed by atoms with Crippen LogP contribution in [0.5, 0.6) is 0 Å². The first kappa shape index (κ1) is 17.1. The molecule has 3 rings (SSSR count). The summed E-state index contributed by atoms with van der Waals surface area (Å²) in [6, 6.07) is 6.70. The molecule has 1 aliphatic heterocycles. The topological polar surface area (TPSA) is 84.2 Å². The van der Waals surface area contributed by atoms with Gasteiger partial charge in [0, 0.05) is 19.0 Å². The number of aromatic nitrogens is 1. The Bertz CT molecular complexity index is 791. The van der Waals surface area contributed by atoms with Crippen LogP contribution in [0.2, 0.25) is 0 Å². The summed E-state index contributed by atoms with van der Waals surface area (Å²) in [5.74, 6) is 0.582. The van der Waals surface area contributed by atoms with Crippen molar-refractivity contribution in [1.29, 1.82) is 0 Å². The van der Waals surface area contributed by atoms with Gasteiger partial charge < -0.3 is 9.73 Å². The lowest BCUT2D eigenvalue weighted by Crippen LogP contribution is -2.42. The third kappa shape index (κ3) is 3.85. The Hall–Kier alpha value is -1.70. The Morgan fingerprint density at radius 3 is 2.50 bits per heavy atom. The number of sulfonamides is 1. The number of aryl methyl sites for hydroxylation is 1. The molecular formula is C17H23N3O3S. The Morgan fingerprint density at radius 2 is 1.92 bits per heavy atom. The Morgan fingerprint density at radius 1 is 1.25 bits per heavy atom. The van der Waals surface area contributed by atoms with Crippen LogP contribution in [0.3, 0.4) is 0 Å². The van der Waals surface area contributed by atoms with Gasteiger partial charge in [0.2, 0.25) is 10.0 Å². The SMILES string of the molecule is Cc1nc(-c2ccc(S(=O)(=O)NCC3(C)CCNCC3)cc2)co1. The van der Waals surface area contributed by atoms with E-state index < -0.39 is 10.0 Å². The summed E-state index contributed by atoms with van der Waals surface area (Å²) in [5, 5.41) is 3.30. The van der Waals surface area contributed by atoms with Crippen molar-refractivity contribution in [2.75, 3.05) is 19.6 Å². The molecule has 0 radical (unpaired) electrons. The number of rotatable bonds is 5. The van der Waals surface area contributed by atoms with Gasteiger partial charge in [0.05, 0.1) is 4.90 Å². The van der Waals surface area contributed by atoms with Crippen molar-refractivity contribution >= 4 is 10.0 Å². The van der Waals surface area contributed by atoms with Gasteiger partial charge >= 0.3 is 0 Å². The summed E-state index contributed by atoms with van der Waals surface area (Å²) in [7, 11) is -3.51. The van der Waals surface area contributed by atoms with Crippen molar-refractivity contribution in [2.24, 2.45) is 5.41 Å². The standard InChI is InChI=1S/C17H23N3O3S/c1-13-20-16(11-23-13)14-3-5-15(6-4-14)24(21,22)19-12-17(2)7-9-18-10-8-17/h3-6,11,18-19H,7-10,12H2,1-2H3. The van der Waals surface area contributed by atoms with Gasteiger partial charge in [0.15, 0.2) is 5.89 Å². The van der Waals surface area contributed by atoms with Crippen molar-refractivity contribution in [2.45, 2.75) is 31.6 Å². The molecule has 0 atom stereocenters. The van der Waals surface area contributed by atoms with Crippen molar-refractivity contribution in [3.05, 3.63) is 36.4 Å². The maximum absolute atomic E-state index is 12.5. The summed E-state index contributed by atoms with van der Waals surface area (Å²) < 4.78 is 33.0. The van der Waals surface area contributed by atoms with Crippen molar-refractivity contribution in [3.8, 4) is 11.3 Å². The van der Waals surface area contributed by atoms with Crippen molar-refractivity contribution in [1.82, 2.24) is 15.0 Å². The smallest absolute Gasteiger partial charge is 0.240 e. The first-order valence-corrected chi connectivity index (χ1v) is 9.59. The molecule has 130 valence electrons. The minimum atomic E-state index is -3.51. The van der Waals surface area contributed by atoms with Gasteiger partial charge in [-0.1, -0.05) is 19.1 Å². The Balaban J connectivity index is 1.70. The normalized spacial score (nSPS) is 17.8. The van der Waals surface area contributed by atoms with Gasteiger partial charge in [0.25, 0.3) is 0 Å². The molecule has 0 spiro atoms. The highest BCUT2D eigenvalue weighted by Crippen LogP contribution is 2.27. The molecule has 0 bridgehead atoms. The lowest BCUT2D eigenvalue weighted by atomic mass is 9.81. The van der Waals surface area contributed by atoms with Gasteiger partial charge in [-0.3, -0.25) is 0 Å². The van der Waals surface area contributed by atoms with E-state index in [4.69, 9.17) is 4.42 Å². The third-order valence-corrected chi connectivity index (χ3v) is 6.00. The maximum atomic E-state index is 12.5. The fourth-order valence-electron chi connectivity index (χ4n) is 2.86. The summed E-state index contributed by atoms with van der Waals surface area (Å²) >= 11 is 0. The lowest BCUT2D eigenvalue weighted by Gasteiger charge is -2.34. The van der Waals surface area contributed by atoms with E-state index in [2.05, 4.69) is 21.9 Å². The highest BCUT2D eigenvalue weighted by Gasteiger charge is 2.28. The van der Waals surface area contributed by atoms with E-state index in [1.165, 1.54) is 0 Å². The van der Waals surface area contributed by atoms with E-state index in [1.807, 2.05) is 0 Å². The highest BCUT2D eigenvalue weighted by molar-refractivity contribution is 7.89. The lowest BCUT2D eigenvalue weighted by molar-refractivity contribution is 0.232. The molecule has 24 heavy (non-hydrogen) atoms. The molecule has 2 aromatic rings. The molecule has 1 fully saturated rings. The van der Waals surface area contributed by atoms with E-state index in [0.29, 0.717) is 18.1 Å². The van der Waals surface area contributed by atoms with Crippen LogP contribution in [-0.4, -0.2) is 33.0 Å². The molecule has 0 aliphatic carbocycles. The van der Waals surface area contributed by atoms with Crippen molar-refractivity contribution < 1.29 is 12.8 Å². The highest BCUT2D eigenvalue weighted by atomic mass is 32.2. The van der Waals surface area contributed by atoms with E-state index in [0.717, 1.165) is 31.5 Å². The minimum absolute atomic E-state index is 0.0104. The first-order valence-electron chi connectivity index (χ1n) is 8.11. The molecule has 1 aromatic carbocycles. The molecule has 2 N–H and O–H groups in total. The van der Waals surface area contributed by atoms with Gasteiger partial charge in [-0.05, 0) is 43.5 Å². The third-order valence-electron chi connectivity index (χ3n) is 4.58. The number of benzene rings is 1. The van der Waals surface area contributed by atoms with Gasteiger partial charge in [-0.15, -0.1) is 0 Å². The molecule has 0 saturated carbocycles. The van der Waals surface area contributed by atoms with E-state index in [1.54, 1.807) is 37.5 Å². The van der Waals surface area contributed by atoms with Gasteiger partial charge in [-0.25, -0.2) is 18.1 Å². The average molecular weight is 349 g/mol. The Labute approximate surface area is 142 Å². The molecule has 6 nitrogen and oxygen atoms in total. The minimum Gasteiger partial charge on any atom is -0.449 e. The number of piperidine rings is 1. The number of nitrogens with zero attached hydrogens (tertiary/aromatic N) is 1. The van der Waals surface area contributed by atoms with E-state index >= 15 is 0 Å². The second-order valence-corrected chi connectivity index (χ2v) is 8.43. The zero-order chi connectivity index (χ0) is 17.2. The number of hydrogen-bond donors (Lipinski definition) is 2. The molecular weight excluding hydrogens is 326 g/mol. The van der Waals surface area contributed by atoms with Gasteiger partial charge in [0.1, 0.15) is 12.0 Å². The zero-order valence-corrected chi connectivity index (χ0v) is 14.8. The number of nitrogens with one attached hydrogen (secondary N) is 2. The molecule has 1 aromatic heterocycles. The second kappa shape index (κ2) is 6.66. The predicted octanol–water partition coefficient (Wildman–Crippen LogP) is 2.32. The fraction of sp³-hybridized carbons (Fsp3) is 0.471. The van der Waals surface area contributed by atoms with Crippen LogP contribution in [0.25, 0.3) is 11.3 Å². The first-order chi connectivity index (χ1) is 11.4. The largest absolute Gasteiger partial charge is 0.449 e. The zero-order valence-electron chi connectivity index (χ0n) is 14.0. The van der Waals surface area contributed by atoms with E-state index in [-0.39, 0.29) is 10.3 Å². The van der Waals surface area contributed by atoms with Crippen LogP contribution in [0, 0.1) is 12.3 Å². The summed E-state index contributed by atoms with van der Waals surface area (Å²) in [4.78, 5) is 4.51. The maximum Gasteiger partial charge on any atom is 0.240 e. The molecule has 1 saturated heterocycles. The number of hydrogen-bond acceptors (Lipinski definition) is 5. The molecule has 0 amide bonds. The summed E-state index contributed by atoms with van der Waals surface area (Å²) in [6.45, 7) is 6.23. The summed E-state index contributed by atoms with van der Waals surface area (Å²) in [5.41, 5.74) is 1.54. The average Bonchev–Trinajstić information content (AvgIpc) is 3.01. The van der Waals surface area contributed by atoms with E-state index in [9.17, 15) is 8.42 Å². The fourth-order valence-corrected chi connectivity index (χ4v) is 4.06. The van der Waals surface area contributed by atoms with Crippen LogP contribution < -0.4 is 10.0 Å². The molecule has 0 unspecified atom stereocenters. The predicted molar refractivity (Wildman–Crippen MR) is 92.1 cm³/mol. The van der Waals surface area contributed by atoms with Gasteiger partial charge in [-0.2, -0.15) is 0 Å². The van der Waals surface area contributed by atoms with Crippen LogP contribution in [0.1, 0.15) is 25.7 Å². The molecule has 2 heterocycles. The van der Waals surface area contributed by atoms with Crippen LogP contribution in [0.15, 0.2) is 39.8 Å². The van der Waals surface area contributed by atoms with Crippen LogP contribution in [0.4, 0.5) is 0 Å². The Kier molecular flexibility index (Phi) is 4.76. The number of oxazole rings is 1. The molecule has 1 aliphatic rings. The van der Waals surface area contributed by atoms with Crippen LogP contribution in [-0.2, 0) is 10.0 Å². The molecule has 7 heteroatoms. The summed E-state index contributed by atoms with van der Waals surface area (Å²) in [6.07, 6.45) is 3.51. The van der Waals surface area contributed by atoms with Crippen molar-refractivity contribution in [3.63, 3.8) is 0 Å². The monoisotopic (exact) mass is 349 g/mol. The quantitative estimate of drug-likeness (QED) is 0.865. The van der Waals surface area contributed by atoms with Crippen LogP contribution >= 0.6 is 0 Å².